The van der Waals surface area contributed by atoms with Crippen molar-refractivity contribution in [2.75, 3.05) is 26.6 Å². The van der Waals surface area contributed by atoms with Gasteiger partial charge in [-0.25, -0.2) is 0 Å². The van der Waals surface area contributed by atoms with Gasteiger partial charge in [0.25, 0.3) is 0 Å². The molecule has 2 atom stereocenters. The first-order chi connectivity index (χ1) is 16.5. The molecule has 2 aliphatic rings. The predicted octanol–water partition coefficient (Wildman–Crippen LogP) is 6.35. The van der Waals surface area contributed by atoms with E-state index in [1.165, 1.54) is 33.4 Å². The molecule has 0 amide bonds. The molecular weight excluding hydrogens is 472 g/mol. The molecule has 192 valence electrons. The second-order valence-corrected chi connectivity index (χ2v) is 12.9. The zero-order chi connectivity index (χ0) is 25.3. The summed E-state index contributed by atoms with van der Waals surface area (Å²) in [5.74, 6) is 2.12. The first-order valence-electron chi connectivity index (χ1n) is 12.9. The highest BCUT2D eigenvalue weighted by molar-refractivity contribution is 7.81. The zero-order valence-corrected chi connectivity index (χ0v) is 24.0. The van der Waals surface area contributed by atoms with E-state index in [1.54, 1.807) is 0 Å². The third-order valence-corrected chi connectivity index (χ3v) is 7.96. The molecule has 2 aromatic rings. The molecule has 0 spiro atoms. The second-order valence-electron chi connectivity index (χ2n) is 11.1. The van der Waals surface area contributed by atoms with Gasteiger partial charge < -0.3 is 9.47 Å². The highest BCUT2D eigenvalue weighted by Crippen LogP contribution is 2.41. The van der Waals surface area contributed by atoms with Gasteiger partial charge in [0.1, 0.15) is 25.0 Å². The fraction of sp³-hybridized carbons (Fsp3) is 0.586. The maximum Gasteiger partial charge on any atom is 0.142 e. The van der Waals surface area contributed by atoms with Crippen LogP contribution in [-0.4, -0.2) is 46.9 Å². The minimum absolute atomic E-state index is 0.136. The number of hydrogen-bond acceptors (Lipinski definition) is 6. The smallest absolute Gasteiger partial charge is 0.142 e. The Morgan fingerprint density at radius 2 is 1.17 bits per heavy atom. The van der Waals surface area contributed by atoms with Crippen LogP contribution in [-0.2, 0) is 18.5 Å². The fourth-order valence-electron chi connectivity index (χ4n) is 5.14. The molecule has 6 heteroatoms. The van der Waals surface area contributed by atoms with E-state index in [2.05, 4.69) is 101 Å². The molecule has 0 saturated heterocycles. The van der Waals surface area contributed by atoms with Crippen molar-refractivity contribution in [2.24, 2.45) is 0 Å². The van der Waals surface area contributed by atoms with E-state index in [0.29, 0.717) is 24.0 Å². The van der Waals surface area contributed by atoms with Crippen molar-refractivity contribution < 1.29 is 9.47 Å². The molecule has 0 N–H and O–H groups in total. The Kier molecular flexibility index (Phi) is 8.36. The number of aryl methyl sites for hydroxylation is 2. The Balaban J connectivity index is 1.60. The molecule has 35 heavy (non-hydrogen) atoms. The van der Waals surface area contributed by atoms with E-state index in [0.717, 1.165) is 50.5 Å². The number of hydrogen-bond donors (Lipinski definition) is 2. The highest BCUT2D eigenvalue weighted by Gasteiger charge is 2.30. The van der Waals surface area contributed by atoms with Crippen molar-refractivity contribution in [2.45, 2.75) is 83.4 Å². The number of nitrogens with zero attached hydrogens (tertiary/aromatic N) is 2. The number of thiol groups is 2. The van der Waals surface area contributed by atoms with Crippen molar-refractivity contribution in [3.8, 4) is 11.5 Å². The van der Waals surface area contributed by atoms with E-state index < -0.39 is 0 Å². The van der Waals surface area contributed by atoms with Gasteiger partial charge in [0.05, 0.1) is 0 Å². The molecule has 0 bridgehead atoms. The molecule has 4 rings (SSSR count). The average molecular weight is 515 g/mol. The molecule has 0 fully saturated rings. The molecule has 2 unspecified atom stereocenters. The molecule has 2 heterocycles. The summed E-state index contributed by atoms with van der Waals surface area (Å²) in [6.07, 6.45) is 2.12. The summed E-state index contributed by atoms with van der Waals surface area (Å²) in [6, 6.07) is 9.36. The highest BCUT2D eigenvalue weighted by atomic mass is 32.1. The Bertz CT molecular complexity index is 970. The number of fused-ring (bicyclic) bond motifs is 2. The van der Waals surface area contributed by atoms with Crippen molar-refractivity contribution in [3.05, 3.63) is 57.6 Å². The summed E-state index contributed by atoms with van der Waals surface area (Å²) in [6.45, 7) is 18.5. The lowest BCUT2D eigenvalue weighted by molar-refractivity contribution is 0.0934. The minimum atomic E-state index is -0.136. The van der Waals surface area contributed by atoms with E-state index in [1.807, 2.05) is 0 Å². The van der Waals surface area contributed by atoms with Crippen LogP contribution < -0.4 is 9.47 Å². The van der Waals surface area contributed by atoms with Gasteiger partial charge in [-0.1, -0.05) is 39.8 Å². The van der Waals surface area contributed by atoms with Crippen LogP contribution in [0.1, 0.15) is 73.9 Å². The average Bonchev–Trinajstić information content (AvgIpc) is 2.80. The second kappa shape index (κ2) is 11.0. The predicted molar refractivity (Wildman–Crippen MR) is 152 cm³/mol. The van der Waals surface area contributed by atoms with Gasteiger partial charge in [-0.3, -0.25) is 9.80 Å². The van der Waals surface area contributed by atoms with Crippen LogP contribution in [0.3, 0.4) is 0 Å². The van der Waals surface area contributed by atoms with Crippen LogP contribution in [0.15, 0.2) is 24.3 Å². The topological polar surface area (TPSA) is 24.9 Å². The molecule has 2 aliphatic heterocycles. The van der Waals surface area contributed by atoms with Crippen molar-refractivity contribution in [1.29, 1.82) is 0 Å². The Labute approximate surface area is 223 Å². The summed E-state index contributed by atoms with van der Waals surface area (Å²) in [4.78, 5) is 4.76. The summed E-state index contributed by atoms with van der Waals surface area (Å²) >= 11 is 9.10. The van der Waals surface area contributed by atoms with Crippen LogP contribution in [0.25, 0.3) is 0 Å². The molecular formula is C29H42N2O2S2. The van der Waals surface area contributed by atoms with Crippen molar-refractivity contribution in [1.82, 2.24) is 9.80 Å². The van der Waals surface area contributed by atoms with Gasteiger partial charge >= 0.3 is 0 Å². The van der Waals surface area contributed by atoms with Gasteiger partial charge in [-0.2, -0.15) is 25.3 Å². The lowest BCUT2D eigenvalue weighted by atomic mass is 9.75. The lowest BCUT2D eigenvalue weighted by Crippen LogP contribution is -2.34. The largest absolute Gasteiger partial charge is 0.478 e. The Hall–Kier alpha value is -1.34. The molecule has 0 aromatic heterocycles. The van der Waals surface area contributed by atoms with E-state index in [9.17, 15) is 0 Å². The summed E-state index contributed by atoms with van der Waals surface area (Å²) in [5.41, 5.74) is 7.55. The summed E-state index contributed by atoms with van der Waals surface area (Å²) in [7, 11) is 0. The van der Waals surface area contributed by atoms with Crippen LogP contribution in [0.4, 0.5) is 0 Å². The first-order valence-corrected chi connectivity index (χ1v) is 13.9. The fourth-order valence-corrected chi connectivity index (χ4v) is 5.37. The molecule has 2 aromatic carbocycles. The molecule has 4 nitrogen and oxygen atoms in total. The van der Waals surface area contributed by atoms with Crippen molar-refractivity contribution in [3.63, 3.8) is 0 Å². The Morgan fingerprint density at radius 1 is 0.771 bits per heavy atom. The van der Waals surface area contributed by atoms with Crippen LogP contribution in [0.5, 0.6) is 11.5 Å². The minimum Gasteiger partial charge on any atom is -0.478 e. The normalized spacial score (nSPS) is 18.3. The van der Waals surface area contributed by atoms with Crippen LogP contribution in [0.2, 0.25) is 0 Å². The van der Waals surface area contributed by atoms with Gasteiger partial charge in [0.15, 0.2) is 0 Å². The van der Waals surface area contributed by atoms with Gasteiger partial charge in [0.2, 0.25) is 0 Å². The van der Waals surface area contributed by atoms with Gasteiger partial charge in [0, 0.05) is 53.2 Å². The maximum absolute atomic E-state index is 6.19. The third kappa shape index (κ3) is 6.15. The van der Waals surface area contributed by atoms with Crippen LogP contribution in [0, 0.1) is 13.8 Å². The Morgan fingerprint density at radius 3 is 1.54 bits per heavy atom. The number of rotatable bonds is 8. The first kappa shape index (κ1) is 26.7. The summed E-state index contributed by atoms with van der Waals surface area (Å²) in [5, 5.41) is 0.800. The zero-order valence-electron chi connectivity index (χ0n) is 22.2. The SMILES string of the molecule is Cc1cc(C(C)(C)c2cc(C)c3c(c2)CN(CCC(C)S)CO3)cc2c1OCN(CCC(C)S)C2. The molecule has 0 aliphatic carbocycles. The standard InChI is InChI=1S/C29H42N2O2S2/c1-19-11-25(13-23-15-30(9-7-21(3)34)17-32-27(19)23)29(5,6)26-12-20(2)28-24(14-26)16-31(18-33-28)10-8-22(4)35/h11-14,21-22,34-35H,7-10,15-18H2,1-6H3. The van der Waals surface area contributed by atoms with Crippen molar-refractivity contribution >= 4 is 25.3 Å². The number of benzene rings is 2. The maximum atomic E-state index is 6.19. The molecule has 0 radical (unpaired) electrons. The van der Waals surface area contributed by atoms with Gasteiger partial charge in [-0.05, 0) is 61.1 Å². The third-order valence-electron chi connectivity index (χ3n) is 7.44. The lowest BCUT2D eigenvalue weighted by Gasteiger charge is -2.35. The molecule has 0 saturated carbocycles. The van der Waals surface area contributed by atoms with E-state index in [4.69, 9.17) is 9.47 Å². The summed E-state index contributed by atoms with van der Waals surface area (Å²) < 4.78 is 12.4. The van der Waals surface area contributed by atoms with E-state index >= 15 is 0 Å². The van der Waals surface area contributed by atoms with Gasteiger partial charge in [-0.15, -0.1) is 0 Å². The monoisotopic (exact) mass is 514 g/mol. The quantitative estimate of drug-likeness (QED) is 0.401. The van der Waals surface area contributed by atoms with Crippen LogP contribution >= 0.6 is 25.3 Å². The number of ether oxygens (including phenoxy) is 2. The van der Waals surface area contributed by atoms with E-state index in [-0.39, 0.29) is 5.41 Å².